The van der Waals surface area contributed by atoms with Gasteiger partial charge in [-0.3, -0.25) is 0 Å². The van der Waals surface area contributed by atoms with Crippen LogP contribution in [0, 0.1) is 19.7 Å². The van der Waals surface area contributed by atoms with Gasteiger partial charge in [0.15, 0.2) is 0 Å². The van der Waals surface area contributed by atoms with Gasteiger partial charge < -0.3 is 5.73 Å². The minimum atomic E-state index is -0.361. The number of halogens is 1. The summed E-state index contributed by atoms with van der Waals surface area (Å²) in [6.07, 6.45) is 0. The highest BCUT2D eigenvalue weighted by atomic mass is 32.2. The number of aryl methyl sites for hydroxylation is 2. The summed E-state index contributed by atoms with van der Waals surface area (Å²) in [6.45, 7) is 4.10. The van der Waals surface area contributed by atoms with Crippen molar-refractivity contribution in [3.8, 4) is 0 Å². The highest BCUT2D eigenvalue weighted by molar-refractivity contribution is 7.99. The summed E-state index contributed by atoms with van der Waals surface area (Å²) in [5.74, 6) is -0.361. The van der Waals surface area contributed by atoms with E-state index < -0.39 is 0 Å². The summed E-state index contributed by atoms with van der Waals surface area (Å²) in [5.41, 5.74) is 8.34. The number of anilines is 1. The van der Waals surface area contributed by atoms with Gasteiger partial charge in [-0.2, -0.15) is 0 Å². The molecule has 88 valence electrons. The lowest BCUT2D eigenvalue weighted by Crippen LogP contribution is -1.93. The Hall–Kier alpha value is -1.48. The van der Waals surface area contributed by atoms with Crippen molar-refractivity contribution < 1.29 is 4.39 Å². The molecule has 2 rings (SSSR count). The predicted molar refractivity (Wildman–Crippen MR) is 70.9 cm³/mol. The standard InChI is InChI=1S/C14H14FNS/c1-9-6-7-12(10(2)8-9)17-13-5-3-4-11(15)14(13)16/h3-8H,16H2,1-2H3. The Balaban J connectivity index is 2.35. The van der Waals surface area contributed by atoms with Gasteiger partial charge in [-0.15, -0.1) is 0 Å². The second kappa shape index (κ2) is 4.80. The molecule has 0 spiro atoms. The molecular formula is C14H14FNS. The van der Waals surface area contributed by atoms with E-state index in [4.69, 9.17) is 5.73 Å². The molecule has 0 aliphatic rings. The number of nitrogen functional groups attached to an aromatic ring is 1. The second-order valence-electron chi connectivity index (χ2n) is 4.02. The molecule has 1 nitrogen and oxygen atoms in total. The van der Waals surface area contributed by atoms with Crippen molar-refractivity contribution in [1.82, 2.24) is 0 Å². The van der Waals surface area contributed by atoms with E-state index in [0.717, 1.165) is 9.79 Å². The molecule has 2 aromatic rings. The van der Waals surface area contributed by atoms with Crippen molar-refractivity contribution in [2.75, 3.05) is 5.73 Å². The topological polar surface area (TPSA) is 26.0 Å². The van der Waals surface area contributed by atoms with E-state index in [2.05, 4.69) is 13.0 Å². The molecular weight excluding hydrogens is 233 g/mol. The van der Waals surface area contributed by atoms with Crippen LogP contribution in [-0.4, -0.2) is 0 Å². The van der Waals surface area contributed by atoms with Crippen LogP contribution in [0.25, 0.3) is 0 Å². The van der Waals surface area contributed by atoms with Crippen molar-refractivity contribution >= 4 is 17.4 Å². The monoisotopic (exact) mass is 247 g/mol. The molecule has 0 atom stereocenters. The Labute approximate surface area is 105 Å². The van der Waals surface area contributed by atoms with E-state index in [9.17, 15) is 4.39 Å². The fraction of sp³-hybridized carbons (Fsp3) is 0.143. The first-order valence-corrected chi connectivity index (χ1v) is 6.18. The zero-order valence-corrected chi connectivity index (χ0v) is 10.6. The van der Waals surface area contributed by atoms with Gasteiger partial charge in [-0.05, 0) is 37.6 Å². The summed E-state index contributed by atoms with van der Waals surface area (Å²) < 4.78 is 13.3. The van der Waals surface area contributed by atoms with Gasteiger partial charge >= 0.3 is 0 Å². The third-order valence-corrected chi connectivity index (χ3v) is 3.82. The summed E-state index contributed by atoms with van der Waals surface area (Å²) in [5, 5.41) is 0. The Morgan fingerprint density at radius 2 is 1.82 bits per heavy atom. The Morgan fingerprint density at radius 3 is 2.53 bits per heavy atom. The number of hydrogen-bond donors (Lipinski definition) is 1. The summed E-state index contributed by atoms with van der Waals surface area (Å²) >= 11 is 1.50. The molecule has 17 heavy (non-hydrogen) atoms. The lowest BCUT2D eigenvalue weighted by atomic mass is 10.2. The number of rotatable bonds is 2. The van der Waals surface area contributed by atoms with Crippen LogP contribution in [-0.2, 0) is 0 Å². The predicted octanol–water partition coefficient (Wildman–Crippen LogP) is 4.18. The Morgan fingerprint density at radius 1 is 1.06 bits per heavy atom. The molecule has 0 amide bonds. The number of benzene rings is 2. The normalized spacial score (nSPS) is 10.5. The SMILES string of the molecule is Cc1ccc(Sc2cccc(F)c2N)c(C)c1. The van der Waals surface area contributed by atoms with Gasteiger partial charge in [0.1, 0.15) is 5.82 Å². The minimum Gasteiger partial charge on any atom is -0.395 e. The first-order chi connectivity index (χ1) is 8.08. The molecule has 0 heterocycles. The average molecular weight is 247 g/mol. The summed E-state index contributed by atoms with van der Waals surface area (Å²) in [6, 6.07) is 11.1. The van der Waals surface area contributed by atoms with Gasteiger partial charge in [0, 0.05) is 9.79 Å². The van der Waals surface area contributed by atoms with Gasteiger partial charge in [-0.1, -0.05) is 35.5 Å². The van der Waals surface area contributed by atoms with E-state index in [1.54, 1.807) is 6.07 Å². The molecule has 0 saturated heterocycles. The highest BCUT2D eigenvalue weighted by Crippen LogP contribution is 2.35. The second-order valence-corrected chi connectivity index (χ2v) is 5.11. The molecule has 0 fully saturated rings. The van der Waals surface area contributed by atoms with Crippen LogP contribution in [0.1, 0.15) is 11.1 Å². The third-order valence-electron chi connectivity index (χ3n) is 2.56. The van der Waals surface area contributed by atoms with Gasteiger partial charge in [0.05, 0.1) is 5.69 Å². The van der Waals surface area contributed by atoms with Crippen molar-refractivity contribution in [3.63, 3.8) is 0 Å². The van der Waals surface area contributed by atoms with Crippen LogP contribution < -0.4 is 5.73 Å². The molecule has 0 aromatic heterocycles. The van der Waals surface area contributed by atoms with E-state index in [-0.39, 0.29) is 11.5 Å². The fourth-order valence-corrected chi connectivity index (χ4v) is 2.59. The first kappa shape index (κ1) is 12.0. The molecule has 0 saturated carbocycles. The Kier molecular flexibility index (Phi) is 3.38. The largest absolute Gasteiger partial charge is 0.395 e. The van der Waals surface area contributed by atoms with Gasteiger partial charge in [-0.25, -0.2) is 4.39 Å². The zero-order valence-electron chi connectivity index (χ0n) is 9.83. The number of para-hydroxylation sites is 1. The van der Waals surface area contributed by atoms with E-state index >= 15 is 0 Å². The maximum atomic E-state index is 13.3. The maximum Gasteiger partial charge on any atom is 0.147 e. The smallest absolute Gasteiger partial charge is 0.147 e. The third kappa shape index (κ3) is 2.61. The van der Waals surface area contributed by atoms with Crippen molar-refractivity contribution in [3.05, 3.63) is 53.3 Å². The zero-order chi connectivity index (χ0) is 12.4. The van der Waals surface area contributed by atoms with Gasteiger partial charge in [0.25, 0.3) is 0 Å². The lowest BCUT2D eigenvalue weighted by Gasteiger charge is -2.09. The van der Waals surface area contributed by atoms with Gasteiger partial charge in [0.2, 0.25) is 0 Å². The van der Waals surface area contributed by atoms with Crippen LogP contribution in [0.3, 0.4) is 0 Å². The molecule has 0 bridgehead atoms. The van der Waals surface area contributed by atoms with Crippen LogP contribution >= 0.6 is 11.8 Å². The van der Waals surface area contributed by atoms with Crippen molar-refractivity contribution in [2.24, 2.45) is 0 Å². The van der Waals surface area contributed by atoms with E-state index in [0.29, 0.717) is 0 Å². The maximum absolute atomic E-state index is 13.3. The van der Waals surface area contributed by atoms with Crippen molar-refractivity contribution in [1.29, 1.82) is 0 Å². The summed E-state index contributed by atoms with van der Waals surface area (Å²) in [7, 11) is 0. The van der Waals surface area contributed by atoms with E-state index in [1.165, 1.54) is 29.0 Å². The van der Waals surface area contributed by atoms with Crippen molar-refractivity contribution in [2.45, 2.75) is 23.6 Å². The highest BCUT2D eigenvalue weighted by Gasteiger charge is 2.07. The average Bonchev–Trinajstić information content (AvgIpc) is 2.28. The van der Waals surface area contributed by atoms with E-state index in [1.807, 2.05) is 25.1 Å². The molecule has 3 heteroatoms. The lowest BCUT2D eigenvalue weighted by molar-refractivity contribution is 0.629. The first-order valence-electron chi connectivity index (χ1n) is 5.37. The van der Waals surface area contributed by atoms with Crippen LogP contribution in [0.2, 0.25) is 0 Å². The minimum absolute atomic E-state index is 0.220. The number of hydrogen-bond acceptors (Lipinski definition) is 2. The van der Waals surface area contributed by atoms with Crippen LogP contribution in [0.4, 0.5) is 10.1 Å². The Bertz CT molecular complexity index is 552. The molecule has 2 aromatic carbocycles. The molecule has 0 radical (unpaired) electrons. The van der Waals surface area contributed by atoms with Crippen LogP contribution in [0.5, 0.6) is 0 Å². The summed E-state index contributed by atoms with van der Waals surface area (Å²) in [4.78, 5) is 1.87. The fourth-order valence-electron chi connectivity index (χ4n) is 1.64. The van der Waals surface area contributed by atoms with Crippen LogP contribution in [0.15, 0.2) is 46.2 Å². The quantitative estimate of drug-likeness (QED) is 0.806. The molecule has 0 aliphatic heterocycles. The number of nitrogens with two attached hydrogens (primary N) is 1. The molecule has 0 unspecified atom stereocenters. The molecule has 0 aliphatic carbocycles. The molecule has 2 N–H and O–H groups in total.